The first-order valence-corrected chi connectivity index (χ1v) is 10.7. The van der Waals surface area contributed by atoms with Gasteiger partial charge >= 0.3 is 5.97 Å². The molecule has 4 aromatic rings. The Hall–Kier alpha value is -3.25. The lowest BCUT2D eigenvalue weighted by Crippen LogP contribution is -2.11. The number of hydrogen-bond acceptors (Lipinski definition) is 6. The number of allylic oxidation sites excluding steroid dienone is 1. The van der Waals surface area contributed by atoms with Crippen LogP contribution in [0, 0.1) is 13.8 Å². The van der Waals surface area contributed by atoms with E-state index < -0.39 is 0 Å². The number of nitrogens with zero attached hydrogens (tertiary/aromatic N) is 2. The summed E-state index contributed by atoms with van der Waals surface area (Å²) in [6.07, 6.45) is 3.82. The van der Waals surface area contributed by atoms with Gasteiger partial charge in [0, 0.05) is 10.3 Å². The molecule has 1 aromatic carbocycles. The first-order valence-electron chi connectivity index (χ1n) is 9.86. The third-order valence-corrected chi connectivity index (χ3v) is 6.35. The number of ether oxygens (including phenoxy) is 1. The Morgan fingerprint density at radius 3 is 2.83 bits per heavy atom. The van der Waals surface area contributed by atoms with E-state index in [9.17, 15) is 4.79 Å². The van der Waals surface area contributed by atoms with Crippen molar-refractivity contribution < 1.29 is 14.1 Å². The van der Waals surface area contributed by atoms with Gasteiger partial charge in [-0.15, -0.1) is 11.3 Å². The number of aryl methyl sites for hydroxylation is 2. The molecule has 0 aliphatic heterocycles. The van der Waals surface area contributed by atoms with Gasteiger partial charge in [0.2, 0.25) is 0 Å². The monoisotopic (exact) mass is 416 g/mol. The van der Waals surface area contributed by atoms with Crippen LogP contribution in [0.1, 0.15) is 49.9 Å². The number of aromatic nitrogens is 2. The van der Waals surface area contributed by atoms with Gasteiger partial charge in [-0.05, 0) is 61.4 Å². The van der Waals surface area contributed by atoms with Crippen LogP contribution in [0.4, 0.5) is 0 Å². The molecule has 1 aliphatic carbocycles. The number of thiophene rings is 1. The molecule has 6 heteroatoms. The summed E-state index contributed by atoms with van der Waals surface area (Å²) >= 11 is 1.70. The minimum absolute atomic E-state index is 0.142. The maximum atomic E-state index is 13.2. The molecule has 0 N–H and O–H groups in total. The lowest BCUT2D eigenvalue weighted by atomic mass is 10.0. The highest BCUT2D eigenvalue weighted by atomic mass is 32.1. The summed E-state index contributed by atoms with van der Waals surface area (Å²) in [6, 6.07) is 11.9. The van der Waals surface area contributed by atoms with Crippen molar-refractivity contribution in [2.45, 2.75) is 33.3 Å². The van der Waals surface area contributed by atoms with Crippen LogP contribution in [-0.2, 0) is 17.8 Å². The first-order chi connectivity index (χ1) is 14.6. The highest BCUT2D eigenvalue weighted by molar-refractivity contribution is 7.10. The fraction of sp³-hybridized carbons (Fsp3) is 0.208. The van der Waals surface area contributed by atoms with Crippen molar-refractivity contribution in [3.63, 3.8) is 0 Å². The summed E-state index contributed by atoms with van der Waals surface area (Å²) in [7, 11) is 0. The van der Waals surface area contributed by atoms with E-state index in [1.165, 1.54) is 4.88 Å². The molecule has 5 rings (SSSR count). The third kappa shape index (κ3) is 3.23. The average Bonchev–Trinajstić information content (AvgIpc) is 3.47. The van der Waals surface area contributed by atoms with Gasteiger partial charge in [-0.2, -0.15) is 0 Å². The summed E-state index contributed by atoms with van der Waals surface area (Å²) in [6.45, 7) is 3.81. The van der Waals surface area contributed by atoms with Crippen LogP contribution < -0.4 is 0 Å². The van der Waals surface area contributed by atoms with E-state index in [1.807, 2.05) is 44.2 Å². The van der Waals surface area contributed by atoms with E-state index >= 15 is 0 Å². The van der Waals surface area contributed by atoms with Crippen LogP contribution in [-0.4, -0.2) is 16.1 Å². The van der Waals surface area contributed by atoms with Crippen molar-refractivity contribution in [2.24, 2.45) is 0 Å². The van der Waals surface area contributed by atoms with Gasteiger partial charge in [0.1, 0.15) is 12.4 Å². The quantitative estimate of drug-likeness (QED) is 0.397. The van der Waals surface area contributed by atoms with Crippen LogP contribution in [0.15, 0.2) is 46.3 Å². The van der Waals surface area contributed by atoms with Crippen molar-refractivity contribution in [2.75, 3.05) is 0 Å². The fourth-order valence-corrected chi connectivity index (χ4v) is 4.66. The van der Waals surface area contributed by atoms with Crippen molar-refractivity contribution in [3.05, 3.63) is 80.5 Å². The highest BCUT2D eigenvalue weighted by Crippen LogP contribution is 2.38. The zero-order valence-corrected chi connectivity index (χ0v) is 17.6. The molecule has 0 saturated carbocycles. The van der Waals surface area contributed by atoms with Gasteiger partial charge in [0.25, 0.3) is 0 Å². The second-order valence-electron chi connectivity index (χ2n) is 7.39. The standard InChI is InChI=1S/C24H20N2O3S/c1-14-20(15(2)29-26-14)13-28-24(27)22-18-7-3-4-8-21(18)25-23-16(9-10-19(22)23)12-17-6-5-11-30-17/h3-8,11-12H,9-10,13H2,1-2H3. The number of hydrogen-bond donors (Lipinski definition) is 0. The molecular formula is C24H20N2O3S. The molecule has 5 nitrogen and oxygen atoms in total. The van der Waals surface area contributed by atoms with Crippen molar-refractivity contribution >= 4 is 39.9 Å². The largest absolute Gasteiger partial charge is 0.457 e. The number of rotatable bonds is 4. The average molecular weight is 417 g/mol. The van der Waals surface area contributed by atoms with Crippen LogP contribution in [0.5, 0.6) is 0 Å². The number of para-hydroxylation sites is 1. The summed E-state index contributed by atoms with van der Waals surface area (Å²) < 4.78 is 10.9. The van der Waals surface area contributed by atoms with Crippen molar-refractivity contribution in [1.29, 1.82) is 0 Å². The molecule has 0 unspecified atom stereocenters. The minimum Gasteiger partial charge on any atom is -0.457 e. The van der Waals surface area contributed by atoms with E-state index in [-0.39, 0.29) is 12.6 Å². The molecular weight excluding hydrogens is 396 g/mol. The fourth-order valence-electron chi connectivity index (χ4n) is 3.98. The molecule has 1 aliphatic rings. The first kappa shape index (κ1) is 18.8. The zero-order chi connectivity index (χ0) is 20.7. The number of carbonyl (C=O) groups is 1. The highest BCUT2D eigenvalue weighted by Gasteiger charge is 2.28. The van der Waals surface area contributed by atoms with Gasteiger partial charge < -0.3 is 9.26 Å². The molecule has 0 saturated heterocycles. The lowest BCUT2D eigenvalue weighted by molar-refractivity contribution is 0.0472. The van der Waals surface area contributed by atoms with E-state index in [0.29, 0.717) is 11.3 Å². The van der Waals surface area contributed by atoms with Crippen molar-refractivity contribution in [3.8, 4) is 0 Å². The summed E-state index contributed by atoms with van der Waals surface area (Å²) in [5, 5.41) is 6.83. The Kier molecular flexibility index (Phi) is 4.71. The zero-order valence-electron chi connectivity index (χ0n) is 16.8. The Balaban J connectivity index is 1.57. The van der Waals surface area contributed by atoms with Crippen LogP contribution in [0.25, 0.3) is 22.6 Å². The topological polar surface area (TPSA) is 65.2 Å². The summed E-state index contributed by atoms with van der Waals surface area (Å²) in [4.78, 5) is 19.3. The number of fused-ring (bicyclic) bond motifs is 2. The van der Waals surface area contributed by atoms with Gasteiger partial charge in [-0.25, -0.2) is 9.78 Å². The number of pyridine rings is 1. The molecule has 0 fully saturated rings. The molecule has 0 spiro atoms. The lowest BCUT2D eigenvalue weighted by Gasteiger charge is -2.12. The molecule has 0 atom stereocenters. The normalized spacial score (nSPS) is 14.4. The maximum Gasteiger partial charge on any atom is 0.339 e. The van der Waals surface area contributed by atoms with Crippen molar-refractivity contribution in [1.82, 2.24) is 10.1 Å². The predicted octanol–water partition coefficient (Wildman–Crippen LogP) is 5.74. The second kappa shape index (κ2) is 7.54. The Morgan fingerprint density at radius 1 is 1.20 bits per heavy atom. The van der Waals surface area contributed by atoms with Gasteiger partial charge in [0.15, 0.2) is 0 Å². The number of esters is 1. The molecule has 0 radical (unpaired) electrons. The number of benzene rings is 1. The van der Waals surface area contributed by atoms with E-state index in [2.05, 4.69) is 22.7 Å². The van der Waals surface area contributed by atoms with Gasteiger partial charge in [-0.1, -0.05) is 29.4 Å². The van der Waals surface area contributed by atoms with Gasteiger partial charge in [0.05, 0.1) is 28.0 Å². The van der Waals surface area contributed by atoms with E-state index in [0.717, 1.165) is 51.8 Å². The summed E-state index contributed by atoms with van der Waals surface area (Å²) in [5.41, 5.74) is 6.03. The molecule has 150 valence electrons. The smallest absolute Gasteiger partial charge is 0.339 e. The molecule has 30 heavy (non-hydrogen) atoms. The Morgan fingerprint density at radius 2 is 2.07 bits per heavy atom. The minimum atomic E-state index is -0.331. The van der Waals surface area contributed by atoms with Crippen LogP contribution in [0.2, 0.25) is 0 Å². The van der Waals surface area contributed by atoms with E-state index in [1.54, 1.807) is 11.3 Å². The Bertz CT molecular complexity index is 1270. The van der Waals surface area contributed by atoms with Crippen LogP contribution in [0.3, 0.4) is 0 Å². The molecule has 3 aromatic heterocycles. The Labute approximate surface area is 178 Å². The SMILES string of the molecule is Cc1noc(C)c1COC(=O)c1c2c(nc3ccccc13)C(=Cc1cccs1)CC2. The summed E-state index contributed by atoms with van der Waals surface area (Å²) in [5.74, 6) is 0.341. The van der Waals surface area contributed by atoms with E-state index in [4.69, 9.17) is 14.2 Å². The predicted molar refractivity (Wildman–Crippen MR) is 117 cm³/mol. The van der Waals surface area contributed by atoms with Gasteiger partial charge in [-0.3, -0.25) is 0 Å². The second-order valence-corrected chi connectivity index (χ2v) is 8.37. The molecule has 0 amide bonds. The third-order valence-electron chi connectivity index (χ3n) is 5.53. The number of carbonyl (C=O) groups excluding carboxylic acids is 1. The molecule has 3 heterocycles. The maximum absolute atomic E-state index is 13.2. The van der Waals surface area contributed by atoms with Crippen LogP contribution >= 0.6 is 11.3 Å². The molecule has 0 bridgehead atoms.